The first-order chi connectivity index (χ1) is 5.34. The molecule has 4 N–H and O–H groups in total. The summed E-state index contributed by atoms with van der Waals surface area (Å²) in [6.07, 6.45) is 4.08. The number of nitrogens with two attached hydrogens (primary N) is 2. The molecule has 0 saturated heterocycles. The molecule has 7 heteroatoms. The Morgan fingerprint density at radius 2 is 1.64 bits per heavy atom. The average molecular weight is 262 g/mol. The number of hydrogen-bond acceptors (Lipinski definition) is 4. The molecule has 0 bridgehead atoms. The maximum Gasteiger partial charge on any atom is 0.144 e. The topological polar surface area (TPSA) is 77.8 Å². The van der Waals surface area contributed by atoms with E-state index in [-0.39, 0.29) is 43.3 Å². The van der Waals surface area contributed by atoms with Gasteiger partial charge in [-0.15, -0.1) is 37.2 Å². The van der Waals surface area contributed by atoms with Crippen molar-refractivity contribution < 1.29 is 0 Å². The van der Waals surface area contributed by atoms with E-state index >= 15 is 0 Å². The highest BCUT2D eigenvalue weighted by atomic mass is 35.5. The van der Waals surface area contributed by atoms with E-state index in [4.69, 9.17) is 11.5 Å². The number of aromatic nitrogens is 2. The third kappa shape index (κ3) is 6.34. The Kier molecular flexibility index (Phi) is 15.2. The molecule has 84 valence electrons. The Bertz CT molecular complexity index is 209. The van der Waals surface area contributed by atoms with Gasteiger partial charge in [-0.1, -0.05) is 0 Å². The Balaban J connectivity index is -0.000000403. The fraction of sp³-hybridized carbons (Fsp3) is 0.429. The van der Waals surface area contributed by atoms with Crippen LogP contribution in [0.4, 0.5) is 0 Å². The fourth-order valence-electron chi connectivity index (χ4n) is 0.811. The molecule has 4 nitrogen and oxygen atoms in total. The molecule has 1 aromatic rings. The second kappa shape index (κ2) is 10.9. The molecule has 0 amide bonds. The van der Waals surface area contributed by atoms with Crippen LogP contribution >= 0.6 is 37.2 Å². The van der Waals surface area contributed by atoms with E-state index in [1.807, 2.05) is 0 Å². The molecule has 0 saturated carbocycles. The van der Waals surface area contributed by atoms with Gasteiger partial charge in [0.1, 0.15) is 5.82 Å². The first kappa shape index (κ1) is 19.4. The van der Waals surface area contributed by atoms with Crippen LogP contribution in [0.5, 0.6) is 0 Å². The summed E-state index contributed by atoms with van der Waals surface area (Å²) in [6.45, 7) is 0.569. The van der Waals surface area contributed by atoms with Gasteiger partial charge in [-0.25, -0.2) is 9.97 Å². The van der Waals surface area contributed by atoms with Gasteiger partial charge < -0.3 is 11.5 Å². The minimum atomic E-state index is -0.124. The standard InChI is InChI=1S/C7H12N4.3ClH/c8-3-2-6(9)7-10-4-1-5-11-7;;;/h1,4-6H,2-3,8-9H2;3*1H. The van der Waals surface area contributed by atoms with E-state index in [1.165, 1.54) is 0 Å². The molecule has 0 fully saturated rings. The van der Waals surface area contributed by atoms with Gasteiger partial charge in [0, 0.05) is 12.4 Å². The van der Waals surface area contributed by atoms with Gasteiger partial charge in [-0.3, -0.25) is 0 Å². The molecule has 0 radical (unpaired) electrons. The van der Waals surface area contributed by atoms with Gasteiger partial charge >= 0.3 is 0 Å². The molecule has 1 unspecified atom stereocenters. The summed E-state index contributed by atoms with van der Waals surface area (Å²) in [5.41, 5.74) is 11.0. The summed E-state index contributed by atoms with van der Waals surface area (Å²) in [5.74, 6) is 0.665. The van der Waals surface area contributed by atoms with Crippen molar-refractivity contribution in [2.75, 3.05) is 6.54 Å². The van der Waals surface area contributed by atoms with E-state index in [9.17, 15) is 0 Å². The molecule has 0 spiro atoms. The van der Waals surface area contributed by atoms with Crippen LogP contribution in [0, 0.1) is 0 Å². The zero-order valence-corrected chi connectivity index (χ0v) is 9.95. The largest absolute Gasteiger partial charge is 0.330 e. The molecule has 1 atom stereocenters. The molecule has 1 rings (SSSR count). The number of rotatable bonds is 3. The SMILES string of the molecule is Cl.Cl.Cl.NCCC(N)c1ncccn1. The van der Waals surface area contributed by atoms with Crippen molar-refractivity contribution in [3.05, 3.63) is 24.3 Å². The number of nitrogens with zero attached hydrogens (tertiary/aromatic N) is 2. The molecular weight excluding hydrogens is 246 g/mol. The van der Waals surface area contributed by atoms with Crippen LogP contribution in [-0.4, -0.2) is 16.5 Å². The van der Waals surface area contributed by atoms with Crippen molar-refractivity contribution in [3.63, 3.8) is 0 Å². The fourth-order valence-corrected chi connectivity index (χ4v) is 0.811. The molecule has 1 heterocycles. The van der Waals surface area contributed by atoms with Crippen molar-refractivity contribution in [2.45, 2.75) is 12.5 Å². The van der Waals surface area contributed by atoms with Crippen LogP contribution in [0.15, 0.2) is 18.5 Å². The molecule has 0 aromatic carbocycles. The highest BCUT2D eigenvalue weighted by Crippen LogP contribution is 2.04. The molecule has 0 aliphatic rings. The third-order valence-electron chi connectivity index (χ3n) is 1.40. The van der Waals surface area contributed by atoms with Gasteiger partial charge in [-0.2, -0.15) is 0 Å². The van der Waals surface area contributed by atoms with Crippen LogP contribution < -0.4 is 11.5 Å². The van der Waals surface area contributed by atoms with Crippen molar-refractivity contribution in [1.82, 2.24) is 9.97 Å². The predicted octanol–water partition coefficient (Wildman–Crippen LogP) is 1.09. The highest BCUT2D eigenvalue weighted by Gasteiger charge is 2.05. The smallest absolute Gasteiger partial charge is 0.144 e. The van der Waals surface area contributed by atoms with Gasteiger partial charge in [-0.05, 0) is 19.0 Å². The van der Waals surface area contributed by atoms with E-state index < -0.39 is 0 Å². The average Bonchev–Trinajstić information content (AvgIpc) is 2.07. The van der Waals surface area contributed by atoms with Crippen molar-refractivity contribution in [1.29, 1.82) is 0 Å². The minimum Gasteiger partial charge on any atom is -0.330 e. The second-order valence-corrected chi connectivity index (χ2v) is 2.29. The predicted molar refractivity (Wildman–Crippen MR) is 64.4 cm³/mol. The molecule has 1 aromatic heterocycles. The van der Waals surface area contributed by atoms with Crippen LogP contribution in [-0.2, 0) is 0 Å². The summed E-state index contributed by atoms with van der Waals surface area (Å²) in [4.78, 5) is 8.01. The van der Waals surface area contributed by atoms with Crippen molar-refractivity contribution >= 4 is 37.2 Å². The number of hydrogen-bond donors (Lipinski definition) is 2. The molecular formula is C7H15Cl3N4. The number of halogens is 3. The highest BCUT2D eigenvalue weighted by molar-refractivity contribution is 5.86. The van der Waals surface area contributed by atoms with Crippen LogP contribution in [0.1, 0.15) is 18.3 Å². The Hall–Kier alpha value is -0.130. The first-order valence-corrected chi connectivity index (χ1v) is 3.57. The van der Waals surface area contributed by atoms with Crippen LogP contribution in [0.25, 0.3) is 0 Å². The summed E-state index contributed by atoms with van der Waals surface area (Å²) in [5, 5.41) is 0. The Labute approximate surface area is 102 Å². The quantitative estimate of drug-likeness (QED) is 0.854. The summed E-state index contributed by atoms with van der Waals surface area (Å²) in [6, 6.07) is 1.64. The summed E-state index contributed by atoms with van der Waals surface area (Å²) < 4.78 is 0. The lowest BCUT2D eigenvalue weighted by molar-refractivity contribution is 0.620. The lowest BCUT2D eigenvalue weighted by Gasteiger charge is -2.06. The van der Waals surface area contributed by atoms with Gasteiger partial charge in [0.15, 0.2) is 0 Å². The Morgan fingerprint density at radius 3 is 2.07 bits per heavy atom. The van der Waals surface area contributed by atoms with Gasteiger partial charge in [0.25, 0.3) is 0 Å². The van der Waals surface area contributed by atoms with E-state index in [1.54, 1.807) is 18.5 Å². The zero-order chi connectivity index (χ0) is 8.10. The first-order valence-electron chi connectivity index (χ1n) is 3.57. The lowest BCUT2D eigenvalue weighted by atomic mass is 10.2. The maximum atomic E-state index is 5.70. The lowest BCUT2D eigenvalue weighted by Crippen LogP contribution is -2.17. The van der Waals surface area contributed by atoms with Crippen LogP contribution in [0.2, 0.25) is 0 Å². The minimum absolute atomic E-state index is 0. The molecule has 14 heavy (non-hydrogen) atoms. The van der Waals surface area contributed by atoms with E-state index in [0.717, 1.165) is 6.42 Å². The summed E-state index contributed by atoms with van der Waals surface area (Å²) in [7, 11) is 0. The molecule has 0 aliphatic heterocycles. The Morgan fingerprint density at radius 1 is 1.14 bits per heavy atom. The zero-order valence-electron chi connectivity index (χ0n) is 7.50. The van der Waals surface area contributed by atoms with E-state index in [2.05, 4.69) is 9.97 Å². The van der Waals surface area contributed by atoms with Gasteiger partial charge in [0.2, 0.25) is 0 Å². The normalized spacial score (nSPS) is 10.1. The van der Waals surface area contributed by atoms with Crippen molar-refractivity contribution in [2.24, 2.45) is 11.5 Å². The van der Waals surface area contributed by atoms with Crippen LogP contribution in [0.3, 0.4) is 0 Å². The second-order valence-electron chi connectivity index (χ2n) is 2.29. The maximum absolute atomic E-state index is 5.70. The van der Waals surface area contributed by atoms with E-state index in [0.29, 0.717) is 12.4 Å². The monoisotopic (exact) mass is 260 g/mol. The van der Waals surface area contributed by atoms with Gasteiger partial charge in [0.05, 0.1) is 6.04 Å². The summed E-state index contributed by atoms with van der Waals surface area (Å²) >= 11 is 0. The third-order valence-corrected chi connectivity index (χ3v) is 1.40. The molecule has 0 aliphatic carbocycles. The van der Waals surface area contributed by atoms with Crippen molar-refractivity contribution in [3.8, 4) is 0 Å².